The van der Waals surface area contributed by atoms with Crippen molar-refractivity contribution < 1.29 is 14.3 Å². The van der Waals surface area contributed by atoms with Crippen molar-refractivity contribution >= 4 is 29.4 Å². The van der Waals surface area contributed by atoms with Crippen LogP contribution >= 0.6 is 0 Å². The van der Waals surface area contributed by atoms with E-state index in [9.17, 15) is 20.2 Å². The predicted molar refractivity (Wildman–Crippen MR) is 84.2 cm³/mol. The fourth-order valence-corrected chi connectivity index (χ4v) is 1.72. The van der Waals surface area contributed by atoms with E-state index in [-0.39, 0.29) is 11.4 Å². The first kappa shape index (κ1) is 15.9. The van der Waals surface area contributed by atoms with Crippen LogP contribution in [0.25, 0.3) is 6.08 Å². The van der Waals surface area contributed by atoms with Crippen LogP contribution in [0, 0.1) is 20.2 Å². The molecule has 118 valence electrons. The normalized spacial score (nSPS) is 11.6. The Hall–Kier alpha value is -3.49. The molecule has 1 aromatic carbocycles. The Morgan fingerprint density at radius 3 is 2.65 bits per heavy atom. The van der Waals surface area contributed by atoms with E-state index in [4.69, 9.17) is 4.42 Å². The van der Waals surface area contributed by atoms with E-state index in [1.54, 1.807) is 25.1 Å². The maximum absolute atomic E-state index is 11.0. The number of furan rings is 1. The highest BCUT2D eigenvalue weighted by Crippen LogP contribution is 2.28. The molecule has 9 nitrogen and oxygen atoms in total. The summed E-state index contributed by atoms with van der Waals surface area (Å²) in [4.78, 5) is 20.2. The van der Waals surface area contributed by atoms with Gasteiger partial charge in [-0.25, -0.2) is 0 Å². The molecule has 0 aliphatic carbocycles. The number of hydrazone groups is 1. The second kappa shape index (κ2) is 6.98. The van der Waals surface area contributed by atoms with Gasteiger partial charge >= 0.3 is 5.69 Å². The van der Waals surface area contributed by atoms with Crippen molar-refractivity contribution in [1.29, 1.82) is 0 Å². The molecule has 1 heterocycles. The van der Waals surface area contributed by atoms with E-state index in [1.807, 2.05) is 0 Å². The quantitative estimate of drug-likeness (QED) is 0.493. The lowest BCUT2D eigenvalue weighted by Gasteiger charge is -2.01. The largest absolute Gasteiger partial charge is 0.465 e. The van der Waals surface area contributed by atoms with Crippen molar-refractivity contribution in [3.8, 4) is 0 Å². The zero-order valence-corrected chi connectivity index (χ0v) is 12.0. The van der Waals surface area contributed by atoms with Gasteiger partial charge in [-0.2, -0.15) is 5.10 Å². The number of hydrogen-bond acceptors (Lipinski definition) is 7. The van der Waals surface area contributed by atoms with Crippen LogP contribution in [-0.4, -0.2) is 16.1 Å². The van der Waals surface area contributed by atoms with E-state index in [0.717, 1.165) is 17.7 Å². The molecule has 0 amide bonds. The number of nitrogens with zero attached hydrogens (tertiary/aromatic N) is 3. The lowest BCUT2D eigenvalue weighted by atomic mass is 10.2. The number of hydrogen-bond donors (Lipinski definition) is 1. The second-order valence-corrected chi connectivity index (χ2v) is 4.49. The van der Waals surface area contributed by atoms with Crippen LogP contribution in [0.1, 0.15) is 12.7 Å². The SMILES string of the molecule is CC(=C/c1ccco1)/C=N/Nc1ccc([N+](=O)[O-])cc1[N+](=O)[O-]. The summed E-state index contributed by atoms with van der Waals surface area (Å²) in [6.45, 7) is 1.78. The smallest absolute Gasteiger partial charge is 0.301 e. The molecular weight excluding hydrogens is 304 g/mol. The van der Waals surface area contributed by atoms with Crippen LogP contribution in [0.4, 0.5) is 17.1 Å². The Bertz CT molecular complexity index is 780. The number of rotatable bonds is 6. The molecule has 0 unspecified atom stereocenters. The Kier molecular flexibility index (Phi) is 4.82. The highest BCUT2D eigenvalue weighted by atomic mass is 16.6. The van der Waals surface area contributed by atoms with E-state index < -0.39 is 15.5 Å². The van der Waals surface area contributed by atoms with Gasteiger partial charge in [0, 0.05) is 6.07 Å². The minimum Gasteiger partial charge on any atom is -0.465 e. The zero-order valence-electron chi connectivity index (χ0n) is 12.0. The van der Waals surface area contributed by atoms with Crippen molar-refractivity contribution in [2.75, 3.05) is 5.43 Å². The van der Waals surface area contributed by atoms with Gasteiger partial charge in [-0.15, -0.1) is 0 Å². The van der Waals surface area contributed by atoms with Crippen molar-refractivity contribution in [3.63, 3.8) is 0 Å². The number of benzene rings is 1. The molecular formula is C14H12N4O5. The Balaban J connectivity index is 2.15. The molecule has 2 aromatic rings. The average molecular weight is 316 g/mol. The molecule has 0 bridgehead atoms. The minimum absolute atomic E-state index is 0.0580. The van der Waals surface area contributed by atoms with E-state index in [0.29, 0.717) is 5.76 Å². The molecule has 0 atom stereocenters. The molecule has 0 saturated carbocycles. The molecule has 0 radical (unpaired) electrons. The first-order valence-corrected chi connectivity index (χ1v) is 6.41. The first-order chi connectivity index (χ1) is 11.0. The number of anilines is 1. The standard InChI is InChI=1S/C14H12N4O5/c1-10(7-12-3-2-6-23-12)9-15-16-13-5-4-11(17(19)20)8-14(13)18(21)22/h2-9,16H,1H3/b10-7-,15-9+. The highest BCUT2D eigenvalue weighted by molar-refractivity contribution is 5.84. The third-order valence-electron chi connectivity index (χ3n) is 2.76. The molecule has 23 heavy (non-hydrogen) atoms. The first-order valence-electron chi connectivity index (χ1n) is 6.41. The van der Waals surface area contributed by atoms with Crippen LogP contribution < -0.4 is 5.43 Å². The molecule has 2 rings (SSSR count). The van der Waals surface area contributed by atoms with Crippen LogP contribution in [0.3, 0.4) is 0 Å². The number of non-ortho nitro benzene ring substituents is 1. The van der Waals surface area contributed by atoms with Crippen molar-refractivity contribution in [2.24, 2.45) is 5.10 Å². The molecule has 1 aromatic heterocycles. The van der Waals surface area contributed by atoms with Gasteiger partial charge in [-0.05, 0) is 36.8 Å². The fourth-order valence-electron chi connectivity index (χ4n) is 1.72. The van der Waals surface area contributed by atoms with E-state index >= 15 is 0 Å². The Morgan fingerprint density at radius 1 is 1.26 bits per heavy atom. The monoisotopic (exact) mass is 316 g/mol. The molecule has 0 aliphatic heterocycles. The van der Waals surface area contributed by atoms with Gasteiger partial charge in [0.05, 0.1) is 28.4 Å². The summed E-state index contributed by atoms with van der Waals surface area (Å²) in [6.07, 6.45) is 4.72. The maximum atomic E-state index is 11.0. The zero-order chi connectivity index (χ0) is 16.8. The minimum atomic E-state index is -0.712. The summed E-state index contributed by atoms with van der Waals surface area (Å²) in [6, 6.07) is 6.79. The topological polar surface area (TPSA) is 124 Å². The van der Waals surface area contributed by atoms with Crippen molar-refractivity contribution in [1.82, 2.24) is 0 Å². The van der Waals surface area contributed by atoms with Crippen LogP contribution in [0.15, 0.2) is 51.7 Å². The Labute approximate surface area is 130 Å². The summed E-state index contributed by atoms with van der Waals surface area (Å²) in [5.41, 5.74) is 2.52. The summed E-state index contributed by atoms with van der Waals surface area (Å²) in [5.74, 6) is 0.648. The lowest BCUT2D eigenvalue weighted by Crippen LogP contribution is -1.98. The maximum Gasteiger partial charge on any atom is 0.301 e. The van der Waals surface area contributed by atoms with Crippen LogP contribution in [0.5, 0.6) is 0 Å². The number of nitrogens with one attached hydrogen (secondary N) is 1. The third-order valence-corrected chi connectivity index (χ3v) is 2.76. The van der Waals surface area contributed by atoms with Crippen LogP contribution in [0.2, 0.25) is 0 Å². The molecule has 0 aliphatic rings. The van der Waals surface area contributed by atoms with Gasteiger partial charge in [-0.1, -0.05) is 0 Å². The average Bonchev–Trinajstić information content (AvgIpc) is 2.99. The number of nitro groups is 2. The predicted octanol–water partition coefficient (Wildman–Crippen LogP) is 3.60. The van der Waals surface area contributed by atoms with Gasteiger partial charge in [0.25, 0.3) is 5.69 Å². The van der Waals surface area contributed by atoms with E-state index in [2.05, 4.69) is 10.5 Å². The lowest BCUT2D eigenvalue weighted by molar-refractivity contribution is -0.393. The summed E-state index contributed by atoms with van der Waals surface area (Å²) >= 11 is 0. The van der Waals surface area contributed by atoms with Crippen molar-refractivity contribution in [2.45, 2.75) is 6.92 Å². The van der Waals surface area contributed by atoms with Crippen LogP contribution in [-0.2, 0) is 0 Å². The summed E-state index contributed by atoms with van der Waals surface area (Å²) in [5, 5.41) is 25.5. The summed E-state index contributed by atoms with van der Waals surface area (Å²) in [7, 11) is 0. The molecule has 0 saturated heterocycles. The van der Waals surface area contributed by atoms with Gasteiger partial charge in [0.15, 0.2) is 0 Å². The van der Waals surface area contributed by atoms with E-state index in [1.165, 1.54) is 18.5 Å². The molecule has 1 N–H and O–H groups in total. The fraction of sp³-hybridized carbons (Fsp3) is 0.0714. The van der Waals surface area contributed by atoms with Gasteiger partial charge in [0.1, 0.15) is 11.4 Å². The highest BCUT2D eigenvalue weighted by Gasteiger charge is 2.18. The molecule has 0 fully saturated rings. The number of nitro benzene ring substituents is 2. The molecule has 0 spiro atoms. The third kappa shape index (κ3) is 4.24. The van der Waals surface area contributed by atoms with Crippen molar-refractivity contribution in [3.05, 3.63) is 68.2 Å². The van der Waals surface area contributed by atoms with Gasteiger partial charge in [-0.3, -0.25) is 25.7 Å². The van der Waals surface area contributed by atoms with Gasteiger partial charge in [0.2, 0.25) is 0 Å². The second-order valence-electron chi connectivity index (χ2n) is 4.49. The molecule has 9 heteroatoms. The number of allylic oxidation sites excluding steroid dienone is 1. The van der Waals surface area contributed by atoms with Gasteiger partial charge < -0.3 is 4.42 Å². The Morgan fingerprint density at radius 2 is 2.04 bits per heavy atom. The summed E-state index contributed by atoms with van der Waals surface area (Å²) < 4.78 is 5.14.